The van der Waals surface area contributed by atoms with E-state index < -0.39 is 0 Å². The molecule has 2 aromatic rings. The molecule has 23 heavy (non-hydrogen) atoms. The van der Waals surface area contributed by atoms with Crippen molar-refractivity contribution in [2.75, 3.05) is 0 Å². The summed E-state index contributed by atoms with van der Waals surface area (Å²) < 4.78 is 12.1. The zero-order valence-electron chi connectivity index (χ0n) is 14.4. The van der Waals surface area contributed by atoms with Crippen LogP contribution in [-0.2, 0) is 19.3 Å². The lowest BCUT2D eigenvalue weighted by molar-refractivity contribution is 0.0861. The van der Waals surface area contributed by atoms with Gasteiger partial charge in [0, 0.05) is 6.07 Å². The Hall–Kier alpha value is -1.77. The first-order valence-electron chi connectivity index (χ1n) is 8.66. The third-order valence-electron chi connectivity index (χ3n) is 5.46. The molecular formula is C20H24O3. The zero-order chi connectivity index (χ0) is 16.4. The Kier molecular flexibility index (Phi) is 3.13. The number of fused-ring (bicyclic) bond motifs is 6. The van der Waals surface area contributed by atoms with Crippen LogP contribution in [0.25, 0.3) is 11.0 Å². The molecule has 0 amide bonds. The van der Waals surface area contributed by atoms with Crippen LogP contribution in [0.4, 0.5) is 0 Å². The highest BCUT2D eigenvalue weighted by molar-refractivity contribution is 5.92. The van der Waals surface area contributed by atoms with Crippen LogP contribution >= 0.6 is 0 Å². The van der Waals surface area contributed by atoms with Crippen LogP contribution in [0.2, 0.25) is 0 Å². The molecule has 0 radical (unpaired) electrons. The zero-order valence-corrected chi connectivity index (χ0v) is 14.4. The first kappa shape index (κ1) is 14.8. The molecule has 2 heterocycles. The van der Waals surface area contributed by atoms with Crippen LogP contribution in [0, 0.1) is 12.8 Å². The van der Waals surface area contributed by atoms with Gasteiger partial charge in [-0.3, -0.25) is 0 Å². The predicted molar refractivity (Wildman–Crippen MR) is 91.4 cm³/mol. The summed E-state index contributed by atoms with van der Waals surface area (Å²) in [5.74, 6) is 1.64. The van der Waals surface area contributed by atoms with Crippen LogP contribution in [0.1, 0.15) is 55.9 Å². The lowest BCUT2D eigenvalue weighted by Crippen LogP contribution is -2.34. The van der Waals surface area contributed by atoms with E-state index >= 15 is 0 Å². The van der Waals surface area contributed by atoms with Crippen LogP contribution in [-0.4, -0.2) is 5.60 Å². The van der Waals surface area contributed by atoms with Crippen molar-refractivity contribution in [3.05, 3.63) is 38.7 Å². The van der Waals surface area contributed by atoms with E-state index in [0.29, 0.717) is 5.92 Å². The standard InChI is InChI=1S/C20H24O3/c1-11-5-6-13-15(9-11)14-7-8-20(3,4)23-19(14)17-12(2)10-16(21)22-18(13)17/h10-11H,5-9H2,1-4H3/t11-/m1/s1. The number of hydrogen-bond donors (Lipinski definition) is 0. The molecule has 2 aliphatic rings. The van der Waals surface area contributed by atoms with E-state index in [-0.39, 0.29) is 11.2 Å². The van der Waals surface area contributed by atoms with Crippen molar-refractivity contribution >= 4 is 11.0 Å². The smallest absolute Gasteiger partial charge is 0.336 e. The lowest BCUT2D eigenvalue weighted by atomic mass is 9.78. The van der Waals surface area contributed by atoms with E-state index in [1.165, 1.54) is 16.7 Å². The molecule has 0 saturated carbocycles. The van der Waals surface area contributed by atoms with E-state index in [1.54, 1.807) is 6.07 Å². The molecule has 0 saturated heterocycles. The summed E-state index contributed by atoms with van der Waals surface area (Å²) in [5.41, 5.74) is 5.30. The van der Waals surface area contributed by atoms with Crippen molar-refractivity contribution in [2.24, 2.45) is 5.92 Å². The summed E-state index contributed by atoms with van der Waals surface area (Å²) in [6, 6.07) is 1.59. The molecule has 1 aromatic carbocycles. The summed E-state index contributed by atoms with van der Waals surface area (Å²) in [6.07, 6.45) is 5.30. The van der Waals surface area contributed by atoms with Crippen LogP contribution in [0.5, 0.6) is 5.75 Å². The number of hydrogen-bond acceptors (Lipinski definition) is 3. The summed E-state index contributed by atoms with van der Waals surface area (Å²) >= 11 is 0. The molecule has 1 aliphatic carbocycles. The highest BCUT2D eigenvalue weighted by atomic mass is 16.5. The Labute approximate surface area is 136 Å². The number of aryl methyl sites for hydroxylation is 2. The minimum absolute atomic E-state index is 0.170. The van der Waals surface area contributed by atoms with Crippen molar-refractivity contribution in [1.29, 1.82) is 0 Å². The van der Waals surface area contributed by atoms with Gasteiger partial charge in [-0.2, -0.15) is 0 Å². The number of rotatable bonds is 0. The fourth-order valence-corrected chi connectivity index (χ4v) is 4.19. The molecule has 1 aliphatic heterocycles. The number of ether oxygens (including phenoxy) is 1. The highest BCUT2D eigenvalue weighted by Gasteiger charge is 2.34. The van der Waals surface area contributed by atoms with Gasteiger partial charge in [0.25, 0.3) is 0 Å². The lowest BCUT2D eigenvalue weighted by Gasteiger charge is -2.37. The normalized spacial score (nSPS) is 22.3. The van der Waals surface area contributed by atoms with Gasteiger partial charge in [-0.25, -0.2) is 4.79 Å². The predicted octanol–water partition coefficient (Wildman–Crippen LogP) is 4.33. The Morgan fingerprint density at radius 3 is 2.74 bits per heavy atom. The number of benzene rings is 1. The molecule has 0 spiro atoms. The van der Waals surface area contributed by atoms with Gasteiger partial charge in [0.15, 0.2) is 0 Å². The van der Waals surface area contributed by atoms with E-state index in [0.717, 1.165) is 54.4 Å². The molecular weight excluding hydrogens is 288 g/mol. The minimum Gasteiger partial charge on any atom is -0.487 e. The summed E-state index contributed by atoms with van der Waals surface area (Å²) in [6.45, 7) is 8.57. The average Bonchev–Trinajstić information content (AvgIpc) is 2.45. The Morgan fingerprint density at radius 1 is 1.17 bits per heavy atom. The van der Waals surface area contributed by atoms with E-state index in [4.69, 9.17) is 9.15 Å². The van der Waals surface area contributed by atoms with Gasteiger partial charge < -0.3 is 9.15 Å². The topological polar surface area (TPSA) is 39.4 Å². The van der Waals surface area contributed by atoms with Gasteiger partial charge in [0.1, 0.15) is 16.9 Å². The fourth-order valence-electron chi connectivity index (χ4n) is 4.19. The molecule has 1 aromatic heterocycles. The van der Waals surface area contributed by atoms with E-state index in [9.17, 15) is 4.79 Å². The van der Waals surface area contributed by atoms with Crippen molar-refractivity contribution in [1.82, 2.24) is 0 Å². The van der Waals surface area contributed by atoms with Crippen LogP contribution < -0.4 is 10.4 Å². The molecule has 0 bridgehead atoms. The summed E-state index contributed by atoms with van der Waals surface area (Å²) in [4.78, 5) is 11.9. The molecule has 4 rings (SSSR count). The van der Waals surface area contributed by atoms with Gasteiger partial charge in [-0.1, -0.05) is 6.92 Å². The SMILES string of the molecule is Cc1cc(=O)oc2c3c(c4c(c12)OC(C)(C)CC4)C[C@H](C)CC3. The van der Waals surface area contributed by atoms with Crippen molar-refractivity contribution < 1.29 is 9.15 Å². The second kappa shape index (κ2) is 4.86. The second-order valence-corrected chi connectivity index (χ2v) is 7.93. The van der Waals surface area contributed by atoms with Crippen molar-refractivity contribution in [3.8, 4) is 5.75 Å². The molecule has 3 nitrogen and oxygen atoms in total. The van der Waals surface area contributed by atoms with Crippen LogP contribution in [0.15, 0.2) is 15.3 Å². The monoisotopic (exact) mass is 312 g/mol. The molecule has 0 unspecified atom stereocenters. The highest BCUT2D eigenvalue weighted by Crippen LogP contribution is 2.46. The second-order valence-electron chi connectivity index (χ2n) is 7.93. The van der Waals surface area contributed by atoms with E-state index in [1.807, 2.05) is 6.92 Å². The molecule has 122 valence electrons. The third-order valence-corrected chi connectivity index (χ3v) is 5.46. The van der Waals surface area contributed by atoms with Crippen LogP contribution in [0.3, 0.4) is 0 Å². The molecule has 3 heteroatoms. The Balaban J connectivity index is 2.12. The van der Waals surface area contributed by atoms with Gasteiger partial charge in [-0.15, -0.1) is 0 Å². The third kappa shape index (κ3) is 2.29. The van der Waals surface area contributed by atoms with Crippen molar-refractivity contribution in [3.63, 3.8) is 0 Å². The maximum atomic E-state index is 11.9. The quantitative estimate of drug-likeness (QED) is 0.680. The largest absolute Gasteiger partial charge is 0.487 e. The van der Waals surface area contributed by atoms with Crippen molar-refractivity contribution in [2.45, 2.75) is 65.4 Å². The Morgan fingerprint density at radius 2 is 1.96 bits per heavy atom. The molecule has 0 N–H and O–H groups in total. The first-order valence-corrected chi connectivity index (χ1v) is 8.66. The maximum absolute atomic E-state index is 11.9. The maximum Gasteiger partial charge on any atom is 0.336 e. The summed E-state index contributed by atoms with van der Waals surface area (Å²) in [5, 5.41) is 1.01. The fraction of sp³-hybridized carbons (Fsp3) is 0.550. The van der Waals surface area contributed by atoms with E-state index in [2.05, 4.69) is 20.8 Å². The Bertz CT molecular complexity index is 858. The summed E-state index contributed by atoms with van der Waals surface area (Å²) in [7, 11) is 0. The van der Waals surface area contributed by atoms with Gasteiger partial charge in [0.05, 0.1) is 5.39 Å². The minimum atomic E-state index is -0.258. The first-order chi connectivity index (χ1) is 10.9. The average molecular weight is 312 g/mol. The van der Waals surface area contributed by atoms with Gasteiger partial charge in [-0.05, 0) is 81.0 Å². The van der Waals surface area contributed by atoms with Gasteiger partial charge >= 0.3 is 5.63 Å². The molecule has 0 fully saturated rings. The molecule has 1 atom stereocenters. The van der Waals surface area contributed by atoms with Gasteiger partial charge in [0.2, 0.25) is 0 Å².